The van der Waals surface area contributed by atoms with Gasteiger partial charge in [-0.3, -0.25) is 0 Å². The minimum Gasteiger partial charge on any atom is -0.327 e. The van der Waals surface area contributed by atoms with Crippen LogP contribution in [0.15, 0.2) is 24.3 Å². The number of rotatable bonds is 3. The van der Waals surface area contributed by atoms with Gasteiger partial charge in [0.15, 0.2) is 0 Å². The van der Waals surface area contributed by atoms with Crippen molar-refractivity contribution < 1.29 is 4.39 Å². The molecule has 0 atom stereocenters. The summed E-state index contributed by atoms with van der Waals surface area (Å²) in [5.74, 6) is 0.0751. The van der Waals surface area contributed by atoms with Crippen LogP contribution in [0.5, 0.6) is 0 Å². The monoisotopic (exact) mass is 193 g/mol. The van der Waals surface area contributed by atoms with Gasteiger partial charge in [0.2, 0.25) is 0 Å². The minimum atomic E-state index is -0.134. The second kappa shape index (κ2) is 4.91. The molecule has 0 radical (unpaired) electrons. The fraction of sp³-hybridized carbons (Fsp3) is 0.333. The molecule has 0 amide bonds. The van der Waals surface area contributed by atoms with E-state index in [-0.39, 0.29) is 11.7 Å². The molecule has 0 saturated carbocycles. The fourth-order valence-corrected chi connectivity index (χ4v) is 1.31. The first-order chi connectivity index (χ1) is 6.65. The van der Waals surface area contributed by atoms with Gasteiger partial charge in [-0.05, 0) is 29.2 Å². The highest BCUT2D eigenvalue weighted by atomic mass is 19.1. The van der Waals surface area contributed by atoms with Gasteiger partial charge in [0.25, 0.3) is 0 Å². The highest BCUT2D eigenvalue weighted by Crippen LogP contribution is 2.20. The van der Waals surface area contributed by atoms with Crippen molar-refractivity contribution in [1.29, 1.82) is 0 Å². The van der Waals surface area contributed by atoms with Gasteiger partial charge in [0, 0.05) is 6.54 Å². The highest BCUT2D eigenvalue weighted by Gasteiger charge is 2.05. The maximum atomic E-state index is 13.3. The molecule has 76 valence electrons. The predicted octanol–water partition coefficient (Wildman–Crippen LogP) is 2.92. The van der Waals surface area contributed by atoms with Crippen LogP contribution in [-0.4, -0.2) is 6.54 Å². The third-order valence-electron chi connectivity index (χ3n) is 2.09. The lowest BCUT2D eigenvalue weighted by atomic mass is 10.00. The largest absolute Gasteiger partial charge is 0.327 e. The first-order valence-corrected chi connectivity index (χ1v) is 4.81. The Balaban J connectivity index is 3.00. The summed E-state index contributed by atoms with van der Waals surface area (Å²) >= 11 is 0. The molecule has 0 heterocycles. The molecule has 2 N–H and O–H groups in total. The average molecular weight is 193 g/mol. The molecule has 0 aliphatic heterocycles. The zero-order chi connectivity index (χ0) is 10.6. The quantitative estimate of drug-likeness (QED) is 0.784. The maximum Gasteiger partial charge on any atom is 0.126 e. The Hall–Kier alpha value is -1.15. The van der Waals surface area contributed by atoms with Crippen LogP contribution in [0, 0.1) is 5.82 Å². The lowest BCUT2D eigenvalue weighted by molar-refractivity contribution is 0.598. The van der Waals surface area contributed by atoms with Crippen LogP contribution in [0.2, 0.25) is 0 Å². The van der Waals surface area contributed by atoms with Gasteiger partial charge in [0.1, 0.15) is 5.82 Å². The van der Waals surface area contributed by atoms with E-state index in [1.165, 1.54) is 6.07 Å². The third kappa shape index (κ3) is 2.67. The highest BCUT2D eigenvalue weighted by molar-refractivity contribution is 5.51. The minimum absolute atomic E-state index is 0.134. The zero-order valence-electron chi connectivity index (χ0n) is 8.63. The summed E-state index contributed by atoms with van der Waals surface area (Å²) in [6.07, 6.45) is 3.77. The normalized spacial score (nSPS) is 11.5. The topological polar surface area (TPSA) is 26.0 Å². The molecule has 0 unspecified atom stereocenters. The summed E-state index contributed by atoms with van der Waals surface area (Å²) in [5, 5.41) is 0. The van der Waals surface area contributed by atoms with Crippen molar-refractivity contribution in [3.8, 4) is 0 Å². The first kappa shape index (κ1) is 10.9. The molecular weight excluding hydrogens is 177 g/mol. The molecule has 0 aromatic heterocycles. The van der Waals surface area contributed by atoms with Crippen molar-refractivity contribution in [3.63, 3.8) is 0 Å². The SMILES string of the molecule is CC(C)c1cc(/C=C/CN)ccc1F. The second-order valence-electron chi connectivity index (χ2n) is 3.57. The van der Waals surface area contributed by atoms with E-state index in [1.54, 1.807) is 6.07 Å². The van der Waals surface area contributed by atoms with E-state index in [2.05, 4.69) is 0 Å². The Morgan fingerprint density at radius 2 is 2.14 bits per heavy atom. The second-order valence-corrected chi connectivity index (χ2v) is 3.57. The number of benzene rings is 1. The van der Waals surface area contributed by atoms with Gasteiger partial charge in [-0.15, -0.1) is 0 Å². The maximum absolute atomic E-state index is 13.3. The molecule has 1 rings (SSSR count). The molecule has 0 aliphatic carbocycles. The standard InChI is InChI=1S/C12H16FN/c1-9(2)11-8-10(4-3-7-14)5-6-12(11)13/h3-6,8-9H,7,14H2,1-2H3/b4-3+. The molecule has 0 bridgehead atoms. The summed E-state index contributed by atoms with van der Waals surface area (Å²) in [5.41, 5.74) is 7.10. The lowest BCUT2D eigenvalue weighted by Crippen LogP contribution is -1.94. The Morgan fingerprint density at radius 3 is 2.71 bits per heavy atom. The van der Waals surface area contributed by atoms with Crippen LogP contribution in [0.1, 0.15) is 30.9 Å². The molecule has 14 heavy (non-hydrogen) atoms. The molecule has 0 fully saturated rings. The van der Waals surface area contributed by atoms with Crippen LogP contribution < -0.4 is 5.73 Å². The van der Waals surface area contributed by atoms with Crippen molar-refractivity contribution in [1.82, 2.24) is 0 Å². The van der Waals surface area contributed by atoms with Gasteiger partial charge in [-0.25, -0.2) is 4.39 Å². The Bertz CT molecular complexity index is 329. The molecule has 1 aromatic carbocycles. The van der Waals surface area contributed by atoms with E-state index >= 15 is 0 Å². The van der Waals surface area contributed by atoms with E-state index < -0.39 is 0 Å². The van der Waals surface area contributed by atoms with E-state index in [4.69, 9.17) is 5.73 Å². The lowest BCUT2D eigenvalue weighted by Gasteiger charge is -2.07. The van der Waals surface area contributed by atoms with Crippen molar-refractivity contribution in [2.75, 3.05) is 6.54 Å². The predicted molar refractivity (Wildman–Crippen MR) is 58.6 cm³/mol. The number of halogens is 1. The first-order valence-electron chi connectivity index (χ1n) is 4.81. The summed E-state index contributed by atoms with van der Waals surface area (Å²) in [4.78, 5) is 0. The van der Waals surface area contributed by atoms with E-state index in [0.29, 0.717) is 6.54 Å². The van der Waals surface area contributed by atoms with E-state index in [1.807, 2.05) is 32.1 Å². The van der Waals surface area contributed by atoms with Gasteiger partial charge in [-0.2, -0.15) is 0 Å². The van der Waals surface area contributed by atoms with Gasteiger partial charge >= 0.3 is 0 Å². The summed E-state index contributed by atoms with van der Waals surface area (Å²) in [6, 6.07) is 5.13. The van der Waals surface area contributed by atoms with Crippen molar-refractivity contribution in [2.45, 2.75) is 19.8 Å². The van der Waals surface area contributed by atoms with Crippen LogP contribution in [0.4, 0.5) is 4.39 Å². The molecule has 1 aromatic rings. The number of hydrogen-bond acceptors (Lipinski definition) is 1. The molecular formula is C12H16FN. The number of hydrogen-bond donors (Lipinski definition) is 1. The van der Waals surface area contributed by atoms with Gasteiger partial charge < -0.3 is 5.73 Å². The summed E-state index contributed by atoms with van der Waals surface area (Å²) < 4.78 is 13.3. The number of nitrogens with two attached hydrogens (primary N) is 1. The Labute approximate surface area is 84.4 Å². The fourth-order valence-electron chi connectivity index (χ4n) is 1.31. The zero-order valence-corrected chi connectivity index (χ0v) is 8.63. The van der Waals surface area contributed by atoms with Crippen LogP contribution in [0.25, 0.3) is 6.08 Å². The summed E-state index contributed by atoms with van der Waals surface area (Å²) in [6.45, 7) is 4.47. The van der Waals surface area contributed by atoms with Crippen LogP contribution in [-0.2, 0) is 0 Å². The van der Waals surface area contributed by atoms with E-state index in [0.717, 1.165) is 11.1 Å². The van der Waals surface area contributed by atoms with Gasteiger partial charge in [0.05, 0.1) is 0 Å². The van der Waals surface area contributed by atoms with Crippen LogP contribution in [0.3, 0.4) is 0 Å². The molecule has 1 nitrogen and oxygen atoms in total. The Morgan fingerprint density at radius 1 is 1.43 bits per heavy atom. The van der Waals surface area contributed by atoms with Crippen molar-refractivity contribution in [3.05, 3.63) is 41.2 Å². The third-order valence-corrected chi connectivity index (χ3v) is 2.09. The van der Waals surface area contributed by atoms with Crippen LogP contribution >= 0.6 is 0 Å². The molecule has 0 spiro atoms. The Kier molecular flexibility index (Phi) is 3.84. The average Bonchev–Trinajstić information content (AvgIpc) is 2.16. The molecule has 2 heteroatoms. The smallest absolute Gasteiger partial charge is 0.126 e. The van der Waals surface area contributed by atoms with Gasteiger partial charge in [-0.1, -0.05) is 32.1 Å². The molecule has 0 aliphatic rings. The summed E-state index contributed by atoms with van der Waals surface area (Å²) in [7, 11) is 0. The van der Waals surface area contributed by atoms with Crippen molar-refractivity contribution >= 4 is 6.08 Å². The van der Waals surface area contributed by atoms with E-state index in [9.17, 15) is 4.39 Å². The van der Waals surface area contributed by atoms with Crippen molar-refractivity contribution in [2.24, 2.45) is 5.73 Å². The molecule has 0 saturated heterocycles.